The number of hydrogen-bond acceptors (Lipinski definition) is 7. The lowest BCUT2D eigenvalue weighted by atomic mass is 10.2. The van der Waals surface area contributed by atoms with Gasteiger partial charge in [-0.15, -0.1) is 0 Å². The summed E-state index contributed by atoms with van der Waals surface area (Å²) in [7, 11) is -4.69. The fraction of sp³-hybridized carbons (Fsp3) is 0.100. The number of carbonyl (C=O) groups is 3. The average molecular weight is 576 g/mol. The Labute approximate surface area is 238 Å². The minimum Gasteiger partial charge on any atom is -0.384 e. The molecule has 3 aromatic rings. The molecular formula is C30H30N3O7P. The van der Waals surface area contributed by atoms with Crippen LogP contribution in [-0.2, 0) is 18.9 Å². The van der Waals surface area contributed by atoms with Crippen molar-refractivity contribution in [3.05, 3.63) is 109 Å². The topological polar surface area (TPSA) is 132 Å². The lowest BCUT2D eigenvalue weighted by Crippen LogP contribution is -2.16. The number of phosphoric ester groups is 1. The Morgan fingerprint density at radius 3 is 1.02 bits per heavy atom. The average Bonchev–Trinajstić information content (AvgIpc) is 2.91. The molecule has 10 nitrogen and oxygen atoms in total. The van der Waals surface area contributed by atoms with Crippen LogP contribution in [0.4, 0.5) is 17.1 Å². The number of nitrogens with one attached hydrogen (secondary N) is 3. The highest BCUT2D eigenvalue weighted by molar-refractivity contribution is 7.49. The predicted octanol–water partition coefficient (Wildman–Crippen LogP) is 6.88. The molecule has 3 rings (SSSR count). The van der Waals surface area contributed by atoms with Crippen LogP contribution >= 0.6 is 7.82 Å². The number of hydrogen-bond donors (Lipinski definition) is 3. The third-order valence-electron chi connectivity index (χ3n) is 5.20. The van der Waals surface area contributed by atoms with Crippen LogP contribution in [0.1, 0.15) is 20.8 Å². The second-order valence-corrected chi connectivity index (χ2v) is 10.4. The summed E-state index contributed by atoms with van der Waals surface area (Å²) in [6.07, 6.45) is 0. The number of rotatable bonds is 12. The van der Waals surface area contributed by atoms with Gasteiger partial charge >= 0.3 is 7.82 Å². The summed E-state index contributed by atoms with van der Waals surface area (Å²) in [6.45, 7) is 15.5. The molecule has 0 radical (unpaired) electrons. The van der Waals surface area contributed by atoms with E-state index in [1.54, 1.807) is 36.4 Å². The van der Waals surface area contributed by atoms with Crippen LogP contribution in [-0.4, -0.2) is 17.7 Å². The zero-order chi connectivity index (χ0) is 30.2. The van der Waals surface area contributed by atoms with Crippen molar-refractivity contribution in [1.82, 2.24) is 0 Å². The van der Waals surface area contributed by atoms with Crippen molar-refractivity contribution in [3.63, 3.8) is 0 Å². The molecular weight excluding hydrogens is 545 g/mol. The van der Waals surface area contributed by atoms with Gasteiger partial charge < -0.3 is 29.5 Å². The molecule has 3 N–H and O–H groups in total. The zero-order valence-electron chi connectivity index (χ0n) is 22.9. The molecule has 0 aliphatic carbocycles. The fourth-order valence-electron chi connectivity index (χ4n) is 3.05. The summed E-state index contributed by atoms with van der Waals surface area (Å²) < 4.78 is 31.9. The van der Waals surface area contributed by atoms with Gasteiger partial charge in [0, 0.05) is 16.7 Å². The first kappa shape index (κ1) is 30.5. The van der Waals surface area contributed by atoms with Crippen molar-refractivity contribution in [3.8, 4) is 17.2 Å². The summed E-state index contributed by atoms with van der Waals surface area (Å²) in [4.78, 5) is 37.0. The third-order valence-corrected chi connectivity index (χ3v) is 6.46. The van der Waals surface area contributed by atoms with E-state index in [9.17, 15) is 18.9 Å². The molecule has 0 saturated heterocycles. The number of phosphoric acid groups is 1. The Morgan fingerprint density at radius 2 is 0.780 bits per heavy atom. The number of benzene rings is 3. The maximum absolute atomic E-state index is 14.4. The fourth-order valence-corrected chi connectivity index (χ4v) is 4.36. The smallest absolute Gasteiger partial charge is 0.384 e. The van der Waals surface area contributed by atoms with Gasteiger partial charge in [0.25, 0.3) is 17.7 Å². The summed E-state index contributed by atoms with van der Waals surface area (Å²) in [5.74, 6) is -1.60. The summed E-state index contributed by atoms with van der Waals surface area (Å²) in [5, 5.41) is 7.89. The van der Waals surface area contributed by atoms with Crippen molar-refractivity contribution >= 4 is 42.6 Å². The van der Waals surface area contributed by atoms with E-state index in [0.717, 1.165) is 0 Å². The van der Waals surface area contributed by atoms with Crippen LogP contribution in [0.3, 0.4) is 0 Å². The largest absolute Gasteiger partial charge is 0.647 e. The molecule has 0 aromatic heterocycles. The van der Waals surface area contributed by atoms with Gasteiger partial charge in [0.15, 0.2) is 17.2 Å². The second-order valence-electron chi connectivity index (χ2n) is 8.91. The van der Waals surface area contributed by atoms with Gasteiger partial charge in [-0.1, -0.05) is 56.1 Å². The van der Waals surface area contributed by atoms with Gasteiger partial charge in [-0.2, -0.15) is 4.57 Å². The van der Waals surface area contributed by atoms with Crippen LogP contribution in [0.25, 0.3) is 0 Å². The lowest BCUT2D eigenvalue weighted by Gasteiger charge is -2.23. The van der Waals surface area contributed by atoms with Crippen LogP contribution < -0.4 is 29.5 Å². The van der Waals surface area contributed by atoms with E-state index in [4.69, 9.17) is 13.6 Å². The molecule has 0 aliphatic heterocycles. The molecule has 0 fully saturated rings. The molecule has 212 valence electrons. The van der Waals surface area contributed by atoms with E-state index in [0.29, 0.717) is 0 Å². The van der Waals surface area contributed by atoms with Crippen molar-refractivity contribution in [2.45, 2.75) is 20.8 Å². The SMILES string of the molecule is C=C(C)C(=O)Nc1ccccc1OP(=O)(Oc1ccccc1NC(=O)C(=C)C)Oc1ccccc1NC(=O)C(=C)C. The van der Waals surface area contributed by atoms with E-state index in [-0.39, 0.29) is 51.0 Å². The van der Waals surface area contributed by atoms with Crippen molar-refractivity contribution in [2.24, 2.45) is 0 Å². The molecule has 3 amide bonds. The monoisotopic (exact) mass is 575 g/mol. The molecule has 0 atom stereocenters. The van der Waals surface area contributed by atoms with Crippen molar-refractivity contribution in [2.75, 3.05) is 16.0 Å². The van der Waals surface area contributed by atoms with Gasteiger partial charge in [-0.3, -0.25) is 14.4 Å². The third kappa shape index (κ3) is 8.45. The van der Waals surface area contributed by atoms with E-state index < -0.39 is 25.5 Å². The van der Waals surface area contributed by atoms with E-state index in [1.165, 1.54) is 57.2 Å². The molecule has 0 aliphatic rings. The maximum Gasteiger partial charge on any atom is 0.647 e. The Kier molecular flexibility index (Phi) is 9.90. The summed E-state index contributed by atoms with van der Waals surface area (Å²) >= 11 is 0. The summed E-state index contributed by atoms with van der Waals surface area (Å²) in [5.41, 5.74) is 1.21. The number of amides is 3. The van der Waals surface area contributed by atoms with Crippen LogP contribution in [0.15, 0.2) is 109 Å². The Bertz CT molecular complexity index is 1400. The Hall–Kier alpha value is -5.08. The lowest BCUT2D eigenvalue weighted by molar-refractivity contribution is -0.113. The molecule has 0 bridgehead atoms. The minimum atomic E-state index is -4.69. The normalized spacial score (nSPS) is 10.5. The van der Waals surface area contributed by atoms with Crippen molar-refractivity contribution in [1.29, 1.82) is 0 Å². The molecule has 0 spiro atoms. The first-order chi connectivity index (χ1) is 19.4. The first-order valence-corrected chi connectivity index (χ1v) is 13.7. The van der Waals surface area contributed by atoms with E-state index in [2.05, 4.69) is 35.7 Å². The van der Waals surface area contributed by atoms with Gasteiger partial charge in [0.05, 0.1) is 17.1 Å². The quantitative estimate of drug-likeness (QED) is 0.158. The van der Waals surface area contributed by atoms with Crippen molar-refractivity contribution < 1.29 is 32.5 Å². The number of anilines is 3. The predicted molar refractivity (Wildman–Crippen MR) is 159 cm³/mol. The van der Waals surface area contributed by atoms with Gasteiger partial charge in [-0.05, 0) is 57.2 Å². The minimum absolute atomic E-state index is 0.0441. The summed E-state index contributed by atoms with van der Waals surface area (Å²) in [6, 6.07) is 18.7. The zero-order valence-corrected chi connectivity index (χ0v) is 23.7. The molecule has 3 aromatic carbocycles. The highest BCUT2D eigenvalue weighted by Crippen LogP contribution is 2.53. The number of carbonyl (C=O) groups excluding carboxylic acids is 3. The van der Waals surface area contributed by atoms with Gasteiger partial charge in [0.1, 0.15) is 0 Å². The van der Waals surface area contributed by atoms with Gasteiger partial charge in [-0.25, -0.2) is 0 Å². The first-order valence-electron chi connectivity index (χ1n) is 12.2. The molecule has 11 heteroatoms. The molecule has 41 heavy (non-hydrogen) atoms. The second kappa shape index (κ2) is 13.3. The van der Waals surface area contributed by atoms with E-state index >= 15 is 0 Å². The molecule has 0 heterocycles. The Balaban J connectivity index is 2.08. The highest BCUT2D eigenvalue weighted by Gasteiger charge is 2.36. The van der Waals surface area contributed by atoms with Crippen LogP contribution in [0, 0.1) is 0 Å². The standard InChI is InChI=1S/C30H30N3O7P/c1-19(2)28(34)31-22-13-7-10-16-25(22)38-41(37,39-26-17-11-8-14-23(26)32-29(35)20(3)4)40-27-18-12-9-15-24(27)33-30(36)21(5)6/h7-18H,1,3,5H2,2,4,6H3,(H,31,34)(H,32,35)(H,33,36). The van der Waals surface area contributed by atoms with E-state index in [1.807, 2.05) is 0 Å². The van der Waals surface area contributed by atoms with Crippen LogP contribution in [0.2, 0.25) is 0 Å². The highest BCUT2D eigenvalue weighted by atomic mass is 31.2. The maximum atomic E-state index is 14.4. The molecule has 0 unspecified atom stereocenters. The number of para-hydroxylation sites is 6. The van der Waals surface area contributed by atoms with Gasteiger partial charge in [0.2, 0.25) is 0 Å². The van der Waals surface area contributed by atoms with Crippen LogP contribution in [0.5, 0.6) is 17.2 Å². The molecule has 0 saturated carbocycles. The Morgan fingerprint density at radius 1 is 0.537 bits per heavy atom.